The van der Waals surface area contributed by atoms with Crippen molar-refractivity contribution >= 4 is 0 Å². The van der Waals surface area contributed by atoms with Crippen molar-refractivity contribution in [1.82, 2.24) is 10.2 Å². The zero-order valence-electron chi connectivity index (χ0n) is 14.7. The molecular weight excluding hydrogens is 260 g/mol. The predicted molar refractivity (Wildman–Crippen MR) is 89.7 cm³/mol. The third-order valence-corrected chi connectivity index (χ3v) is 5.08. The molecule has 0 aromatic carbocycles. The normalized spacial score (nSPS) is 26.3. The summed E-state index contributed by atoms with van der Waals surface area (Å²) >= 11 is 0. The fourth-order valence-corrected chi connectivity index (χ4v) is 4.05. The molecule has 0 aromatic heterocycles. The highest BCUT2D eigenvalue weighted by atomic mass is 16.5. The summed E-state index contributed by atoms with van der Waals surface area (Å²) in [6, 6.07) is 0.668. The van der Waals surface area contributed by atoms with E-state index >= 15 is 0 Å². The summed E-state index contributed by atoms with van der Waals surface area (Å²) in [4.78, 5) is 2.77. The Hall–Kier alpha value is -0.120. The highest BCUT2D eigenvalue weighted by Gasteiger charge is 2.43. The van der Waals surface area contributed by atoms with Crippen LogP contribution in [0.25, 0.3) is 0 Å². The van der Waals surface area contributed by atoms with Crippen LogP contribution < -0.4 is 5.32 Å². The van der Waals surface area contributed by atoms with Gasteiger partial charge in [0.05, 0.1) is 6.61 Å². The summed E-state index contributed by atoms with van der Waals surface area (Å²) < 4.78 is 5.85. The van der Waals surface area contributed by atoms with E-state index in [1.54, 1.807) is 0 Å². The number of hydrogen-bond acceptors (Lipinski definition) is 3. The SMILES string of the molecule is CC(C)COCCN1CC(CC(C)C)NCC12CCCC2. The largest absolute Gasteiger partial charge is 0.380 e. The fourth-order valence-electron chi connectivity index (χ4n) is 4.05. The van der Waals surface area contributed by atoms with Crippen LogP contribution in [0, 0.1) is 11.8 Å². The molecule has 21 heavy (non-hydrogen) atoms. The number of ether oxygens (including phenoxy) is 1. The van der Waals surface area contributed by atoms with Crippen molar-refractivity contribution in [2.24, 2.45) is 11.8 Å². The minimum atomic E-state index is 0.439. The third kappa shape index (κ3) is 4.94. The third-order valence-electron chi connectivity index (χ3n) is 5.08. The minimum Gasteiger partial charge on any atom is -0.380 e. The van der Waals surface area contributed by atoms with Crippen LogP contribution in [0.2, 0.25) is 0 Å². The zero-order valence-corrected chi connectivity index (χ0v) is 14.7. The van der Waals surface area contributed by atoms with E-state index in [1.807, 2.05) is 0 Å². The molecule has 0 amide bonds. The number of nitrogens with one attached hydrogen (secondary N) is 1. The van der Waals surface area contributed by atoms with Crippen LogP contribution >= 0.6 is 0 Å². The monoisotopic (exact) mass is 296 g/mol. The van der Waals surface area contributed by atoms with Crippen molar-refractivity contribution in [3.05, 3.63) is 0 Å². The smallest absolute Gasteiger partial charge is 0.0593 e. The number of rotatable bonds is 7. The molecule has 1 saturated carbocycles. The van der Waals surface area contributed by atoms with E-state index in [9.17, 15) is 0 Å². The van der Waals surface area contributed by atoms with Gasteiger partial charge in [0, 0.05) is 37.8 Å². The first-order valence-electron chi connectivity index (χ1n) is 9.08. The molecule has 1 N–H and O–H groups in total. The molecule has 0 radical (unpaired) electrons. The lowest BCUT2D eigenvalue weighted by molar-refractivity contribution is 0.00592. The van der Waals surface area contributed by atoms with Crippen molar-refractivity contribution in [2.75, 3.05) is 32.8 Å². The Labute approximate surface area is 131 Å². The molecule has 1 aliphatic heterocycles. The molecule has 2 fully saturated rings. The van der Waals surface area contributed by atoms with E-state index in [4.69, 9.17) is 4.74 Å². The van der Waals surface area contributed by atoms with Crippen LogP contribution in [0.3, 0.4) is 0 Å². The second-order valence-electron chi connectivity index (χ2n) is 8.05. The predicted octanol–water partition coefficient (Wildman–Crippen LogP) is 3.29. The van der Waals surface area contributed by atoms with E-state index in [1.165, 1.54) is 45.2 Å². The second kappa shape index (κ2) is 7.94. The summed E-state index contributed by atoms with van der Waals surface area (Å²) in [5, 5.41) is 3.84. The first kappa shape index (κ1) is 17.2. The van der Waals surface area contributed by atoms with Crippen molar-refractivity contribution in [2.45, 2.75) is 71.4 Å². The maximum atomic E-state index is 5.85. The van der Waals surface area contributed by atoms with Crippen LogP contribution in [0.4, 0.5) is 0 Å². The Kier molecular flexibility index (Phi) is 6.51. The van der Waals surface area contributed by atoms with Gasteiger partial charge < -0.3 is 10.1 Å². The summed E-state index contributed by atoms with van der Waals surface area (Å²) in [5.41, 5.74) is 0.439. The van der Waals surface area contributed by atoms with Gasteiger partial charge in [-0.2, -0.15) is 0 Å². The number of piperazine rings is 1. The Bertz CT molecular complexity index is 298. The summed E-state index contributed by atoms with van der Waals surface area (Å²) in [6.45, 7) is 14.4. The van der Waals surface area contributed by atoms with Gasteiger partial charge in [0.25, 0.3) is 0 Å². The van der Waals surface area contributed by atoms with Gasteiger partial charge in [-0.3, -0.25) is 4.90 Å². The van der Waals surface area contributed by atoms with Gasteiger partial charge in [0.1, 0.15) is 0 Å². The first-order valence-corrected chi connectivity index (χ1v) is 9.08. The summed E-state index contributed by atoms with van der Waals surface area (Å²) in [5.74, 6) is 1.42. The molecule has 124 valence electrons. The van der Waals surface area contributed by atoms with Crippen LogP contribution in [-0.2, 0) is 4.74 Å². The molecule has 0 aromatic rings. The van der Waals surface area contributed by atoms with Crippen molar-refractivity contribution in [3.63, 3.8) is 0 Å². The Morgan fingerprint density at radius 2 is 1.86 bits per heavy atom. The van der Waals surface area contributed by atoms with E-state index in [0.717, 1.165) is 25.7 Å². The average Bonchev–Trinajstić information content (AvgIpc) is 2.87. The highest BCUT2D eigenvalue weighted by molar-refractivity contribution is 5.01. The molecule has 2 rings (SSSR count). The summed E-state index contributed by atoms with van der Waals surface area (Å²) in [7, 11) is 0. The first-order chi connectivity index (χ1) is 10.0. The molecule has 1 aliphatic carbocycles. The van der Waals surface area contributed by atoms with Gasteiger partial charge in [0.15, 0.2) is 0 Å². The van der Waals surface area contributed by atoms with E-state index < -0.39 is 0 Å². The lowest BCUT2D eigenvalue weighted by Crippen LogP contribution is -2.64. The van der Waals surface area contributed by atoms with Gasteiger partial charge in [-0.25, -0.2) is 0 Å². The standard InChI is InChI=1S/C18H36N2O/c1-15(2)11-17-12-20(9-10-21-13-16(3)4)18(14-19-17)7-5-6-8-18/h15-17,19H,5-14H2,1-4H3. The van der Waals surface area contributed by atoms with Gasteiger partial charge in [-0.1, -0.05) is 40.5 Å². The van der Waals surface area contributed by atoms with Gasteiger partial charge in [-0.15, -0.1) is 0 Å². The van der Waals surface area contributed by atoms with E-state index in [-0.39, 0.29) is 0 Å². The molecule has 2 aliphatic rings. The van der Waals surface area contributed by atoms with Crippen molar-refractivity contribution < 1.29 is 4.74 Å². The number of hydrogen-bond donors (Lipinski definition) is 1. The zero-order chi connectivity index (χ0) is 15.3. The second-order valence-corrected chi connectivity index (χ2v) is 8.05. The molecule has 1 saturated heterocycles. The quantitative estimate of drug-likeness (QED) is 0.730. The van der Waals surface area contributed by atoms with Crippen molar-refractivity contribution in [3.8, 4) is 0 Å². The molecule has 1 spiro atoms. The van der Waals surface area contributed by atoms with Crippen LogP contribution in [0.1, 0.15) is 59.8 Å². The van der Waals surface area contributed by atoms with E-state index in [2.05, 4.69) is 37.9 Å². The molecule has 1 unspecified atom stereocenters. The van der Waals surface area contributed by atoms with Crippen LogP contribution in [0.15, 0.2) is 0 Å². The maximum absolute atomic E-state index is 5.85. The molecule has 3 nitrogen and oxygen atoms in total. The highest BCUT2D eigenvalue weighted by Crippen LogP contribution is 2.37. The van der Waals surface area contributed by atoms with E-state index in [0.29, 0.717) is 17.5 Å². The fraction of sp³-hybridized carbons (Fsp3) is 1.00. The Morgan fingerprint density at radius 3 is 2.48 bits per heavy atom. The molecular formula is C18H36N2O. The molecule has 3 heteroatoms. The van der Waals surface area contributed by atoms with Crippen LogP contribution in [-0.4, -0.2) is 49.3 Å². The molecule has 1 atom stereocenters. The minimum absolute atomic E-state index is 0.439. The lowest BCUT2D eigenvalue weighted by atomic mass is 9.89. The topological polar surface area (TPSA) is 24.5 Å². The van der Waals surface area contributed by atoms with Gasteiger partial charge in [-0.05, 0) is 31.1 Å². The Morgan fingerprint density at radius 1 is 1.14 bits per heavy atom. The lowest BCUT2D eigenvalue weighted by Gasteiger charge is -2.48. The van der Waals surface area contributed by atoms with Gasteiger partial charge in [0.2, 0.25) is 0 Å². The summed E-state index contributed by atoms with van der Waals surface area (Å²) in [6.07, 6.45) is 6.84. The van der Waals surface area contributed by atoms with Gasteiger partial charge >= 0.3 is 0 Å². The average molecular weight is 296 g/mol. The molecule has 1 heterocycles. The molecule has 0 bridgehead atoms. The van der Waals surface area contributed by atoms with Crippen molar-refractivity contribution in [1.29, 1.82) is 0 Å². The van der Waals surface area contributed by atoms with Crippen LogP contribution in [0.5, 0.6) is 0 Å². The number of nitrogens with zero attached hydrogens (tertiary/aromatic N) is 1. The maximum Gasteiger partial charge on any atom is 0.0593 e. The Balaban J connectivity index is 1.87.